The second kappa shape index (κ2) is 11.4. The smallest absolute Gasteiger partial charge is 0.261 e. The lowest BCUT2D eigenvalue weighted by atomic mass is 10.1. The molecule has 0 fully saturated rings. The van der Waals surface area contributed by atoms with E-state index in [9.17, 15) is 9.59 Å². The Hall–Kier alpha value is -2.82. The van der Waals surface area contributed by atoms with Crippen molar-refractivity contribution < 1.29 is 14.3 Å². The molecule has 0 heterocycles. The molecule has 30 heavy (non-hydrogen) atoms. The molecular weight excluding hydrogens is 376 g/mol. The minimum Gasteiger partial charge on any atom is -0.483 e. The number of carbonyl (C=O) groups is 2. The van der Waals surface area contributed by atoms with Crippen LogP contribution in [0.25, 0.3) is 0 Å². The molecule has 2 aromatic rings. The second-order valence-corrected chi connectivity index (χ2v) is 7.97. The van der Waals surface area contributed by atoms with E-state index in [0.717, 1.165) is 16.7 Å². The van der Waals surface area contributed by atoms with Gasteiger partial charge in [-0.3, -0.25) is 9.59 Å². The van der Waals surface area contributed by atoms with Crippen molar-refractivity contribution in [1.82, 2.24) is 10.2 Å². The summed E-state index contributed by atoms with van der Waals surface area (Å²) in [5.41, 5.74) is 3.19. The monoisotopic (exact) mass is 410 g/mol. The van der Waals surface area contributed by atoms with E-state index in [-0.39, 0.29) is 24.5 Å². The molecule has 1 N–H and O–H groups in total. The third-order valence-corrected chi connectivity index (χ3v) is 5.00. The van der Waals surface area contributed by atoms with Gasteiger partial charge in [0.05, 0.1) is 0 Å². The molecule has 0 saturated heterocycles. The van der Waals surface area contributed by atoms with Crippen LogP contribution in [0, 0.1) is 13.8 Å². The van der Waals surface area contributed by atoms with Gasteiger partial charge in [-0.1, -0.05) is 49.4 Å². The molecular formula is C25H34N2O3. The quantitative estimate of drug-likeness (QED) is 0.643. The summed E-state index contributed by atoms with van der Waals surface area (Å²) in [5.74, 6) is 0.393. The number of benzene rings is 2. The highest BCUT2D eigenvalue weighted by atomic mass is 16.5. The van der Waals surface area contributed by atoms with Crippen LogP contribution in [0.15, 0.2) is 48.5 Å². The van der Waals surface area contributed by atoms with Crippen LogP contribution < -0.4 is 10.1 Å². The molecule has 0 aliphatic heterocycles. The van der Waals surface area contributed by atoms with Gasteiger partial charge in [-0.15, -0.1) is 0 Å². The second-order valence-electron chi connectivity index (χ2n) is 7.97. The summed E-state index contributed by atoms with van der Waals surface area (Å²) in [6, 6.07) is 15.4. The summed E-state index contributed by atoms with van der Waals surface area (Å²) in [4.78, 5) is 27.6. The highest BCUT2D eigenvalue weighted by Gasteiger charge is 2.29. The first-order valence-corrected chi connectivity index (χ1v) is 10.7. The van der Waals surface area contributed by atoms with Crippen LogP contribution in [-0.2, 0) is 16.0 Å². The van der Waals surface area contributed by atoms with Crippen molar-refractivity contribution in [2.45, 2.75) is 59.5 Å². The molecule has 0 saturated carbocycles. The number of hydrogen-bond donors (Lipinski definition) is 1. The summed E-state index contributed by atoms with van der Waals surface area (Å²) in [6.07, 6.45) is 1.23. The third-order valence-electron chi connectivity index (χ3n) is 5.00. The fourth-order valence-corrected chi connectivity index (χ4v) is 3.36. The van der Waals surface area contributed by atoms with Crippen molar-refractivity contribution >= 4 is 11.8 Å². The van der Waals surface area contributed by atoms with E-state index >= 15 is 0 Å². The average molecular weight is 411 g/mol. The van der Waals surface area contributed by atoms with Crippen molar-refractivity contribution in [2.75, 3.05) is 13.2 Å². The number of ether oxygens (including phenoxy) is 1. The lowest BCUT2D eigenvalue weighted by Gasteiger charge is -2.31. The standard InChI is InChI=1S/C25H34N2O3/c1-6-22(25(29)26-18(2)3)27(15-14-21-10-8-7-9-11-21)24(28)17-30-23-16-19(4)12-13-20(23)5/h7-13,16,18,22H,6,14-15,17H2,1-5H3,(H,26,29)/t22-/m0/s1. The Morgan fingerprint density at radius 1 is 1.07 bits per heavy atom. The Morgan fingerprint density at radius 2 is 1.77 bits per heavy atom. The molecule has 0 radical (unpaired) electrons. The zero-order valence-electron chi connectivity index (χ0n) is 18.8. The predicted molar refractivity (Wildman–Crippen MR) is 121 cm³/mol. The van der Waals surface area contributed by atoms with Crippen LogP contribution in [0.4, 0.5) is 0 Å². The molecule has 0 unspecified atom stereocenters. The van der Waals surface area contributed by atoms with Crippen LogP contribution in [0.1, 0.15) is 43.9 Å². The first kappa shape index (κ1) is 23.5. The maximum Gasteiger partial charge on any atom is 0.261 e. The van der Waals surface area contributed by atoms with Crippen molar-refractivity contribution in [3.05, 3.63) is 65.2 Å². The van der Waals surface area contributed by atoms with E-state index in [2.05, 4.69) is 5.32 Å². The Balaban J connectivity index is 2.16. The van der Waals surface area contributed by atoms with Gasteiger partial charge in [-0.25, -0.2) is 0 Å². The number of carbonyl (C=O) groups excluding carboxylic acids is 2. The number of aryl methyl sites for hydroxylation is 2. The van der Waals surface area contributed by atoms with Crippen molar-refractivity contribution in [3.8, 4) is 5.75 Å². The molecule has 2 aromatic carbocycles. The van der Waals surface area contributed by atoms with Gasteiger partial charge < -0.3 is 15.0 Å². The van der Waals surface area contributed by atoms with E-state index in [1.54, 1.807) is 4.90 Å². The summed E-state index contributed by atoms with van der Waals surface area (Å²) in [5, 5.41) is 2.94. The number of nitrogens with zero attached hydrogens (tertiary/aromatic N) is 1. The molecule has 5 heteroatoms. The number of hydrogen-bond acceptors (Lipinski definition) is 3. The third kappa shape index (κ3) is 6.90. The molecule has 5 nitrogen and oxygen atoms in total. The molecule has 0 bridgehead atoms. The zero-order chi connectivity index (χ0) is 22.1. The van der Waals surface area contributed by atoms with Gasteiger partial charge in [0.1, 0.15) is 11.8 Å². The maximum atomic E-state index is 13.1. The predicted octanol–water partition coefficient (Wildman–Crippen LogP) is 4.06. The summed E-state index contributed by atoms with van der Waals surface area (Å²) >= 11 is 0. The maximum absolute atomic E-state index is 13.1. The van der Waals surface area contributed by atoms with Gasteiger partial charge in [-0.2, -0.15) is 0 Å². The van der Waals surface area contributed by atoms with E-state index in [1.807, 2.05) is 83.1 Å². The topological polar surface area (TPSA) is 58.6 Å². The van der Waals surface area contributed by atoms with Gasteiger partial charge in [0.15, 0.2) is 6.61 Å². The van der Waals surface area contributed by atoms with Gasteiger partial charge in [0, 0.05) is 12.6 Å². The Labute approximate surface area is 180 Å². The summed E-state index contributed by atoms with van der Waals surface area (Å²) in [7, 11) is 0. The fraction of sp³-hybridized carbons (Fsp3) is 0.440. The normalized spacial score (nSPS) is 11.8. The van der Waals surface area contributed by atoms with Crippen LogP contribution >= 0.6 is 0 Å². The van der Waals surface area contributed by atoms with Crippen LogP contribution in [0.5, 0.6) is 5.75 Å². The molecule has 162 valence electrons. The van der Waals surface area contributed by atoms with Crippen LogP contribution in [0.3, 0.4) is 0 Å². The van der Waals surface area contributed by atoms with Gasteiger partial charge in [-0.05, 0) is 63.3 Å². The minimum atomic E-state index is -0.522. The lowest BCUT2D eigenvalue weighted by molar-refractivity contribution is -0.142. The number of amides is 2. The van der Waals surface area contributed by atoms with Crippen LogP contribution in [0.2, 0.25) is 0 Å². The Bertz CT molecular complexity index is 834. The van der Waals surface area contributed by atoms with Crippen molar-refractivity contribution in [2.24, 2.45) is 0 Å². The highest BCUT2D eigenvalue weighted by Crippen LogP contribution is 2.19. The number of rotatable bonds is 10. The molecule has 0 aromatic heterocycles. The van der Waals surface area contributed by atoms with E-state index < -0.39 is 6.04 Å². The first-order valence-electron chi connectivity index (χ1n) is 10.7. The molecule has 2 amide bonds. The van der Waals surface area contributed by atoms with E-state index in [0.29, 0.717) is 25.1 Å². The average Bonchev–Trinajstić information content (AvgIpc) is 2.71. The van der Waals surface area contributed by atoms with E-state index in [1.165, 1.54) is 0 Å². The first-order chi connectivity index (χ1) is 14.3. The zero-order valence-corrected chi connectivity index (χ0v) is 18.8. The largest absolute Gasteiger partial charge is 0.483 e. The molecule has 0 aliphatic rings. The van der Waals surface area contributed by atoms with Crippen molar-refractivity contribution in [1.29, 1.82) is 0 Å². The molecule has 2 rings (SSSR count). The Kier molecular flexibility index (Phi) is 8.90. The lowest BCUT2D eigenvalue weighted by Crippen LogP contribution is -2.52. The highest BCUT2D eigenvalue weighted by molar-refractivity contribution is 5.88. The minimum absolute atomic E-state index is 0.0174. The summed E-state index contributed by atoms with van der Waals surface area (Å²) in [6.45, 7) is 10.1. The van der Waals surface area contributed by atoms with Gasteiger partial charge >= 0.3 is 0 Å². The summed E-state index contributed by atoms with van der Waals surface area (Å²) < 4.78 is 5.85. The molecule has 0 aliphatic carbocycles. The van der Waals surface area contributed by atoms with E-state index in [4.69, 9.17) is 4.74 Å². The Morgan fingerprint density at radius 3 is 2.40 bits per heavy atom. The van der Waals surface area contributed by atoms with Gasteiger partial charge in [0.2, 0.25) is 5.91 Å². The SMILES string of the molecule is CC[C@@H](C(=O)NC(C)C)N(CCc1ccccc1)C(=O)COc1cc(C)ccc1C. The fourth-order valence-electron chi connectivity index (χ4n) is 3.36. The molecule has 1 atom stereocenters. The van der Waals surface area contributed by atoms with Gasteiger partial charge in [0.25, 0.3) is 5.91 Å². The molecule has 0 spiro atoms. The number of nitrogens with one attached hydrogen (secondary N) is 1. The van der Waals surface area contributed by atoms with Crippen LogP contribution in [-0.4, -0.2) is 41.9 Å². The van der Waals surface area contributed by atoms with Crippen molar-refractivity contribution in [3.63, 3.8) is 0 Å².